The maximum Gasteiger partial charge on any atom is 0.414 e. The fourth-order valence-corrected chi connectivity index (χ4v) is 3.82. The van der Waals surface area contributed by atoms with Crippen LogP contribution in [-0.4, -0.2) is 35.7 Å². The highest BCUT2D eigenvalue weighted by molar-refractivity contribution is 5.89. The molecule has 2 fully saturated rings. The van der Waals surface area contributed by atoms with Gasteiger partial charge in [0.2, 0.25) is 0 Å². The van der Waals surface area contributed by atoms with Gasteiger partial charge in [0.15, 0.2) is 0 Å². The van der Waals surface area contributed by atoms with Gasteiger partial charge in [0, 0.05) is 24.1 Å². The van der Waals surface area contributed by atoms with E-state index in [1.165, 1.54) is 0 Å². The van der Waals surface area contributed by atoms with E-state index in [0.717, 1.165) is 12.1 Å². The summed E-state index contributed by atoms with van der Waals surface area (Å²) in [6.07, 6.45) is 3.18. The van der Waals surface area contributed by atoms with Crippen molar-refractivity contribution in [2.45, 2.75) is 31.9 Å². The van der Waals surface area contributed by atoms with Crippen molar-refractivity contribution in [3.05, 3.63) is 47.7 Å². The van der Waals surface area contributed by atoms with Crippen LogP contribution in [0.2, 0.25) is 0 Å². The van der Waals surface area contributed by atoms with Crippen LogP contribution in [0, 0.1) is 11.8 Å². The monoisotopic (exact) mass is 313 g/mol. The maximum atomic E-state index is 12.2. The molecule has 120 valence electrons. The number of carbonyl (C=O) groups excluding carboxylic acids is 2. The summed E-state index contributed by atoms with van der Waals surface area (Å²) >= 11 is 0. The quantitative estimate of drug-likeness (QED) is 0.805. The van der Waals surface area contributed by atoms with Crippen molar-refractivity contribution in [2.24, 2.45) is 11.8 Å². The predicted molar refractivity (Wildman–Crippen MR) is 82.6 cm³/mol. The highest BCUT2D eigenvalue weighted by Gasteiger charge is 2.60. The molecule has 1 aliphatic carbocycles. The van der Waals surface area contributed by atoms with E-state index in [9.17, 15) is 9.59 Å². The van der Waals surface area contributed by atoms with Gasteiger partial charge in [-0.05, 0) is 37.5 Å². The third-order valence-electron chi connectivity index (χ3n) is 4.89. The van der Waals surface area contributed by atoms with Crippen LogP contribution < -0.4 is 0 Å². The second-order valence-corrected chi connectivity index (χ2v) is 6.28. The average Bonchev–Trinajstić information content (AvgIpc) is 3.32. The minimum Gasteiger partial charge on any atom is -0.454 e. The lowest BCUT2D eigenvalue weighted by atomic mass is 10.0. The number of hydrogen-bond donors (Lipinski definition) is 0. The van der Waals surface area contributed by atoms with E-state index in [4.69, 9.17) is 9.47 Å². The molecule has 2 aliphatic heterocycles. The van der Waals surface area contributed by atoms with Crippen molar-refractivity contribution in [2.75, 3.05) is 6.61 Å². The number of fused-ring (bicyclic) bond motifs is 5. The Balaban J connectivity index is 1.50. The van der Waals surface area contributed by atoms with Gasteiger partial charge < -0.3 is 9.47 Å². The molecule has 1 aromatic rings. The highest BCUT2D eigenvalue weighted by Crippen LogP contribution is 2.59. The maximum absolute atomic E-state index is 12.2. The van der Waals surface area contributed by atoms with Crippen molar-refractivity contribution in [3.8, 4) is 0 Å². The topological polar surface area (TPSA) is 55.8 Å². The zero-order valence-electron chi connectivity index (χ0n) is 13.0. The Morgan fingerprint density at radius 3 is 2.70 bits per heavy atom. The van der Waals surface area contributed by atoms with Gasteiger partial charge in [0.1, 0.15) is 6.10 Å². The molecular formula is C18H19NO4. The van der Waals surface area contributed by atoms with Crippen LogP contribution in [0.3, 0.4) is 0 Å². The number of benzene rings is 1. The van der Waals surface area contributed by atoms with Gasteiger partial charge in [-0.3, -0.25) is 4.90 Å². The molecule has 23 heavy (non-hydrogen) atoms. The van der Waals surface area contributed by atoms with Gasteiger partial charge in [-0.15, -0.1) is 0 Å². The smallest absolute Gasteiger partial charge is 0.414 e. The van der Waals surface area contributed by atoms with Crippen LogP contribution in [0.1, 0.15) is 30.1 Å². The second-order valence-electron chi connectivity index (χ2n) is 6.28. The minimum absolute atomic E-state index is 0.104. The molecule has 0 spiro atoms. The van der Waals surface area contributed by atoms with Crippen LogP contribution in [0.15, 0.2) is 42.1 Å². The number of esters is 1. The molecule has 2 unspecified atom stereocenters. The largest absolute Gasteiger partial charge is 0.454 e. The number of nitrogens with zero attached hydrogens (tertiary/aromatic N) is 1. The molecule has 2 heterocycles. The Bertz CT molecular complexity index is 669. The first kappa shape index (κ1) is 14.3. The third kappa shape index (κ3) is 2.40. The average molecular weight is 313 g/mol. The number of hydrogen-bond acceptors (Lipinski definition) is 4. The summed E-state index contributed by atoms with van der Waals surface area (Å²) in [4.78, 5) is 26.1. The number of piperidine rings is 1. The summed E-state index contributed by atoms with van der Waals surface area (Å²) in [6.45, 7) is 2.18. The fraction of sp³-hybridized carbons (Fsp3) is 0.444. The molecule has 1 saturated carbocycles. The minimum atomic E-state index is -0.315. The van der Waals surface area contributed by atoms with Gasteiger partial charge >= 0.3 is 12.1 Å². The Kier molecular flexibility index (Phi) is 3.36. The molecule has 0 aromatic heterocycles. The molecule has 4 atom stereocenters. The zero-order chi connectivity index (χ0) is 16.0. The number of carbonyl (C=O) groups is 2. The molecule has 0 radical (unpaired) electrons. The van der Waals surface area contributed by atoms with Crippen molar-refractivity contribution in [1.29, 1.82) is 0 Å². The number of rotatable bonds is 3. The summed E-state index contributed by atoms with van der Waals surface area (Å²) in [6, 6.07) is 9.09. The van der Waals surface area contributed by atoms with Crippen molar-refractivity contribution >= 4 is 12.1 Å². The molecule has 1 saturated heterocycles. The molecular weight excluding hydrogens is 294 g/mol. The standard InChI is InChI=1S/C18H19NO4/c1-2-22-18(21)19-15-8-12(9-16(19)14-10-13(14)15)23-17(20)11-6-4-3-5-7-11/h3-8,12-14,16H,2,9-10H2,1H3/t12?,13-,14+,16?/m1/s1. The first-order chi connectivity index (χ1) is 11.2. The van der Waals surface area contributed by atoms with Gasteiger partial charge in [0.05, 0.1) is 12.2 Å². The van der Waals surface area contributed by atoms with Gasteiger partial charge in [-0.25, -0.2) is 9.59 Å². The van der Waals surface area contributed by atoms with Crippen molar-refractivity contribution < 1.29 is 19.1 Å². The second kappa shape index (κ2) is 5.41. The zero-order valence-corrected chi connectivity index (χ0v) is 13.0. The van der Waals surface area contributed by atoms with Crippen molar-refractivity contribution in [1.82, 2.24) is 4.90 Å². The Hall–Kier alpha value is -2.30. The number of allylic oxidation sites excluding steroid dienone is 1. The van der Waals surface area contributed by atoms with Gasteiger partial charge in [-0.2, -0.15) is 0 Å². The van der Waals surface area contributed by atoms with Gasteiger partial charge in [-0.1, -0.05) is 18.2 Å². The van der Waals surface area contributed by atoms with E-state index in [1.54, 1.807) is 17.0 Å². The Morgan fingerprint density at radius 2 is 2.00 bits per heavy atom. The number of amides is 1. The molecule has 5 nitrogen and oxygen atoms in total. The molecule has 2 bridgehead atoms. The molecule has 1 amide bonds. The Morgan fingerprint density at radius 1 is 1.22 bits per heavy atom. The first-order valence-corrected chi connectivity index (χ1v) is 8.12. The van der Waals surface area contributed by atoms with E-state index < -0.39 is 0 Å². The third-order valence-corrected chi connectivity index (χ3v) is 4.89. The molecule has 5 heteroatoms. The van der Waals surface area contributed by atoms with Crippen LogP contribution in [0.5, 0.6) is 0 Å². The number of ether oxygens (including phenoxy) is 2. The Labute approximate surface area is 134 Å². The van der Waals surface area contributed by atoms with E-state index >= 15 is 0 Å². The van der Waals surface area contributed by atoms with Crippen LogP contribution in [-0.2, 0) is 9.47 Å². The normalized spacial score (nSPS) is 30.3. The summed E-state index contributed by atoms with van der Waals surface area (Å²) in [5, 5.41) is 0. The lowest BCUT2D eigenvalue weighted by molar-refractivity contribution is 0.0283. The molecule has 1 aromatic carbocycles. The highest BCUT2D eigenvalue weighted by atomic mass is 16.6. The predicted octanol–water partition coefficient (Wildman–Crippen LogP) is 2.98. The van der Waals surface area contributed by atoms with E-state index in [0.29, 0.717) is 30.4 Å². The van der Waals surface area contributed by atoms with Gasteiger partial charge in [0.25, 0.3) is 0 Å². The van der Waals surface area contributed by atoms with Crippen LogP contribution in [0.4, 0.5) is 4.79 Å². The van der Waals surface area contributed by atoms with E-state index in [2.05, 4.69) is 0 Å². The SMILES string of the molecule is CCOC(=O)N1C2=CC(OC(=O)c3ccccc3)CC1[C@H]1C[C@@H]21. The van der Waals surface area contributed by atoms with Crippen LogP contribution in [0.25, 0.3) is 0 Å². The lowest BCUT2D eigenvalue weighted by Gasteiger charge is -2.34. The summed E-state index contributed by atoms with van der Waals surface area (Å²) in [7, 11) is 0. The van der Waals surface area contributed by atoms with Crippen molar-refractivity contribution in [3.63, 3.8) is 0 Å². The molecule has 0 N–H and O–H groups in total. The van der Waals surface area contributed by atoms with Crippen LogP contribution >= 0.6 is 0 Å². The lowest BCUT2D eigenvalue weighted by Crippen LogP contribution is -2.43. The summed E-state index contributed by atoms with van der Waals surface area (Å²) in [5.41, 5.74) is 1.53. The molecule has 3 aliphatic rings. The fourth-order valence-electron chi connectivity index (χ4n) is 3.82. The first-order valence-electron chi connectivity index (χ1n) is 8.12. The summed E-state index contributed by atoms with van der Waals surface area (Å²) in [5.74, 6) is 0.626. The molecule has 4 rings (SSSR count). The summed E-state index contributed by atoms with van der Waals surface area (Å²) < 4.78 is 10.8. The van der Waals surface area contributed by atoms with E-state index in [1.807, 2.05) is 31.2 Å². The van der Waals surface area contributed by atoms with E-state index in [-0.39, 0.29) is 24.2 Å².